The van der Waals surface area contributed by atoms with E-state index in [1.54, 1.807) is 6.07 Å². The molecule has 4 nitrogen and oxygen atoms in total. The van der Waals surface area contributed by atoms with Gasteiger partial charge in [-0.2, -0.15) is 0 Å². The molecule has 4 heteroatoms. The van der Waals surface area contributed by atoms with Gasteiger partial charge in [-0.25, -0.2) is 0 Å². The summed E-state index contributed by atoms with van der Waals surface area (Å²) < 4.78 is 0. The smallest absolute Gasteiger partial charge is 0.255 e. The Hall–Kier alpha value is -3.14. The Balaban J connectivity index is 1.74. The van der Waals surface area contributed by atoms with Crippen molar-refractivity contribution in [3.63, 3.8) is 0 Å². The number of carbonyl (C=O) groups excluding carboxylic acids is 1. The summed E-state index contributed by atoms with van der Waals surface area (Å²) in [6, 6.07) is 17.1. The molecule has 0 aliphatic carbocycles. The average molecular weight is 346 g/mol. The second kappa shape index (κ2) is 7.00. The summed E-state index contributed by atoms with van der Waals surface area (Å²) in [4.78, 5) is 27.0. The number of carbonyl (C=O) groups is 1. The van der Waals surface area contributed by atoms with Gasteiger partial charge in [-0.15, -0.1) is 0 Å². The number of anilines is 1. The number of benzene rings is 2. The molecular weight excluding hydrogens is 324 g/mol. The van der Waals surface area contributed by atoms with Crippen molar-refractivity contribution in [2.75, 3.05) is 5.32 Å². The first-order valence-corrected chi connectivity index (χ1v) is 8.54. The molecule has 0 radical (unpaired) electrons. The molecule has 2 aromatic carbocycles. The monoisotopic (exact) mass is 346 g/mol. The number of pyridine rings is 1. The highest BCUT2D eigenvalue weighted by Crippen LogP contribution is 2.23. The molecule has 0 aliphatic rings. The molecule has 0 atom stereocenters. The van der Waals surface area contributed by atoms with Crippen LogP contribution in [0.5, 0.6) is 0 Å². The topological polar surface area (TPSA) is 62.0 Å². The highest BCUT2D eigenvalue weighted by molar-refractivity contribution is 6.02. The summed E-state index contributed by atoms with van der Waals surface area (Å²) in [6.45, 7) is 6.43. The number of aromatic amines is 1. The van der Waals surface area contributed by atoms with Gasteiger partial charge in [0.05, 0.1) is 0 Å². The fourth-order valence-corrected chi connectivity index (χ4v) is 2.69. The van der Waals surface area contributed by atoms with E-state index in [2.05, 4.69) is 31.1 Å². The molecule has 1 amide bonds. The molecule has 1 heterocycles. The van der Waals surface area contributed by atoms with Gasteiger partial charge in [-0.05, 0) is 46.7 Å². The third-order valence-electron chi connectivity index (χ3n) is 4.21. The van der Waals surface area contributed by atoms with Crippen LogP contribution in [0.4, 0.5) is 5.69 Å². The van der Waals surface area contributed by atoms with Crippen LogP contribution in [0.25, 0.3) is 17.0 Å². The second-order valence-corrected chi connectivity index (χ2v) is 7.29. The molecule has 0 saturated carbocycles. The predicted octanol–water partition coefficient (Wildman–Crippen LogP) is 4.48. The Labute approximate surface area is 152 Å². The summed E-state index contributed by atoms with van der Waals surface area (Å²) in [5, 5.41) is 3.73. The number of amides is 1. The van der Waals surface area contributed by atoms with E-state index < -0.39 is 0 Å². The highest BCUT2D eigenvalue weighted by atomic mass is 16.1. The summed E-state index contributed by atoms with van der Waals surface area (Å²) in [7, 11) is 0. The number of fused-ring (bicyclic) bond motifs is 1. The third kappa shape index (κ3) is 4.09. The van der Waals surface area contributed by atoms with E-state index in [0.717, 1.165) is 16.6 Å². The van der Waals surface area contributed by atoms with Gasteiger partial charge >= 0.3 is 0 Å². The Bertz CT molecular complexity index is 1020. The zero-order valence-corrected chi connectivity index (χ0v) is 15.2. The lowest BCUT2D eigenvalue weighted by Gasteiger charge is -2.19. The molecule has 0 aliphatic heterocycles. The van der Waals surface area contributed by atoms with Crippen LogP contribution in [0.1, 0.15) is 31.9 Å². The van der Waals surface area contributed by atoms with Crippen molar-refractivity contribution in [3.8, 4) is 0 Å². The normalized spacial score (nSPS) is 11.8. The molecule has 1 aromatic heterocycles. The van der Waals surface area contributed by atoms with Gasteiger partial charge in [0, 0.05) is 22.8 Å². The molecule has 0 saturated heterocycles. The molecule has 3 rings (SSSR count). The van der Waals surface area contributed by atoms with E-state index in [1.807, 2.05) is 48.5 Å². The lowest BCUT2D eigenvalue weighted by Crippen LogP contribution is -2.12. The molecule has 0 bridgehead atoms. The van der Waals surface area contributed by atoms with Crippen LogP contribution < -0.4 is 10.9 Å². The van der Waals surface area contributed by atoms with E-state index in [0.29, 0.717) is 5.56 Å². The number of para-hydroxylation sites is 1. The maximum Gasteiger partial charge on any atom is 0.255 e. The lowest BCUT2D eigenvalue weighted by atomic mass is 9.87. The molecule has 3 aromatic rings. The number of hydrogen-bond donors (Lipinski definition) is 2. The minimum atomic E-state index is -0.277. The Kier molecular flexibility index (Phi) is 4.76. The van der Waals surface area contributed by atoms with Gasteiger partial charge in [-0.3, -0.25) is 9.59 Å². The molecule has 26 heavy (non-hydrogen) atoms. The van der Waals surface area contributed by atoms with E-state index in [1.165, 1.54) is 17.7 Å². The molecule has 0 unspecified atom stereocenters. The fourth-order valence-electron chi connectivity index (χ4n) is 2.69. The van der Waals surface area contributed by atoms with Crippen molar-refractivity contribution in [2.45, 2.75) is 26.2 Å². The van der Waals surface area contributed by atoms with Crippen LogP contribution in [0.2, 0.25) is 0 Å². The van der Waals surface area contributed by atoms with Crippen LogP contribution in [0.3, 0.4) is 0 Å². The Morgan fingerprint density at radius 3 is 2.42 bits per heavy atom. The van der Waals surface area contributed by atoms with Crippen LogP contribution in [-0.2, 0) is 10.2 Å². The van der Waals surface area contributed by atoms with Gasteiger partial charge in [-0.1, -0.05) is 51.1 Å². The summed E-state index contributed by atoms with van der Waals surface area (Å²) in [6.07, 6.45) is 2.90. The number of hydrogen-bond acceptors (Lipinski definition) is 2. The fraction of sp³-hybridized carbons (Fsp3) is 0.182. The highest BCUT2D eigenvalue weighted by Gasteiger charge is 2.12. The maximum absolute atomic E-state index is 12.1. The molecule has 0 spiro atoms. The Morgan fingerprint density at radius 2 is 1.73 bits per heavy atom. The van der Waals surface area contributed by atoms with Crippen molar-refractivity contribution in [1.29, 1.82) is 0 Å². The lowest BCUT2D eigenvalue weighted by molar-refractivity contribution is -0.111. The minimum Gasteiger partial charge on any atom is -0.323 e. The Morgan fingerprint density at radius 1 is 1.04 bits per heavy atom. The zero-order chi connectivity index (χ0) is 18.7. The molecule has 2 N–H and O–H groups in total. The van der Waals surface area contributed by atoms with Crippen LogP contribution in [-0.4, -0.2) is 10.9 Å². The largest absolute Gasteiger partial charge is 0.323 e. The zero-order valence-electron chi connectivity index (χ0n) is 15.2. The van der Waals surface area contributed by atoms with E-state index >= 15 is 0 Å². The van der Waals surface area contributed by atoms with Crippen molar-refractivity contribution >= 4 is 28.6 Å². The van der Waals surface area contributed by atoms with E-state index in [9.17, 15) is 9.59 Å². The quantitative estimate of drug-likeness (QED) is 0.687. The SMILES string of the molecule is CC(C)(C)c1ccc(NC(=O)/C=C/c2cc3ccccc3[nH]c2=O)cc1. The van der Waals surface area contributed by atoms with E-state index in [4.69, 9.17) is 0 Å². The van der Waals surface area contributed by atoms with Crippen LogP contribution in [0.15, 0.2) is 65.5 Å². The molecule has 132 valence electrons. The first kappa shape index (κ1) is 17.7. The van der Waals surface area contributed by atoms with Crippen LogP contribution in [0, 0.1) is 0 Å². The number of nitrogens with one attached hydrogen (secondary N) is 2. The van der Waals surface area contributed by atoms with Crippen LogP contribution >= 0.6 is 0 Å². The summed E-state index contributed by atoms with van der Waals surface area (Å²) in [5.41, 5.74) is 3.00. The van der Waals surface area contributed by atoms with Crippen molar-refractivity contribution in [1.82, 2.24) is 4.98 Å². The first-order valence-electron chi connectivity index (χ1n) is 8.54. The van der Waals surface area contributed by atoms with Gasteiger partial charge < -0.3 is 10.3 Å². The summed E-state index contributed by atoms with van der Waals surface area (Å²) in [5.74, 6) is -0.277. The van der Waals surface area contributed by atoms with Gasteiger partial charge in [0.2, 0.25) is 5.91 Å². The standard InChI is InChI=1S/C22H22N2O2/c1-22(2,3)17-9-11-18(12-10-17)23-20(25)13-8-16-14-15-6-4-5-7-19(15)24-21(16)26/h4-14H,1-3H3,(H,23,25)(H,24,26)/b13-8+. The maximum atomic E-state index is 12.1. The van der Waals surface area contributed by atoms with Crippen molar-refractivity contribution in [3.05, 3.63) is 82.2 Å². The number of rotatable bonds is 3. The summed E-state index contributed by atoms with van der Waals surface area (Å²) >= 11 is 0. The average Bonchev–Trinajstić information content (AvgIpc) is 2.59. The van der Waals surface area contributed by atoms with E-state index in [-0.39, 0.29) is 16.9 Å². The van der Waals surface area contributed by atoms with Gasteiger partial charge in [0.25, 0.3) is 5.56 Å². The van der Waals surface area contributed by atoms with Gasteiger partial charge in [0.15, 0.2) is 0 Å². The number of aromatic nitrogens is 1. The third-order valence-corrected chi connectivity index (χ3v) is 4.21. The first-order chi connectivity index (χ1) is 12.3. The minimum absolute atomic E-state index is 0.0690. The van der Waals surface area contributed by atoms with Crippen molar-refractivity contribution < 1.29 is 4.79 Å². The molecular formula is C22H22N2O2. The second-order valence-electron chi connectivity index (χ2n) is 7.29. The van der Waals surface area contributed by atoms with Gasteiger partial charge in [0.1, 0.15) is 0 Å². The molecule has 0 fully saturated rings. The predicted molar refractivity (Wildman–Crippen MR) is 107 cm³/mol. The number of H-pyrrole nitrogens is 1. The van der Waals surface area contributed by atoms with Crippen molar-refractivity contribution in [2.24, 2.45) is 0 Å².